The second-order valence-electron chi connectivity index (χ2n) is 6.88. The van der Waals surface area contributed by atoms with Gasteiger partial charge in [0, 0.05) is 46.6 Å². The zero-order valence-corrected chi connectivity index (χ0v) is 17.2. The van der Waals surface area contributed by atoms with Crippen molar-refractivity contribution in [2.45, 2.75) is 25.9 Å². The lowest BCUT2D eigenvalue weighted by Gasteiger charge is -2.43. The van der Waals surface area contributed by atoms with Gasteiger partial charge in [-0.1, -0.05) is 23.2 Å². The van der Waals surface area contributed by atoms with Crippen LogP contribution < -0.4 is 10.6 Å². The molecule has 28 heavy (non-hydrogen) atoms. The summed E-state index contributed by atoms with van der Waals surface area (Å²) in [4.78, 5) is 28.8. The maximum atomic E-state index is 12.7. The van der Waals surface area contributed by atoms with Crippen molar-refractivity contribution in [2.75, 3.05) is 23.7 Å². The highest BCUT2D eigenvalue weighted by Gasteiger charge is 2.34. The molecule has 0 aromatic heterocycles. The van der Waals surface area contributed by atoms with Gasteiger partial charge in [-0.25, -0.2) is 9.59 Å². The number of anilines is 2. The van der Waals surface area contributed by atoms with Gasteiger partial charge in [-0.15, -0.1) is 0 Å². The maximum absolute atomic E-state index is 12.7. The van der Waals surface area contributed by atoms with E-state index in [1.807, 2.05) is 13.8 Å². The molecule has 1 fully saturated rings. The van der Waals surface area contributed by atoms with E-state index in [1.165, 1.54) is 0 Å². The van der Waals surface area contributed by atoms with Gasteiger partial charge < -0.3 is 20.4 Å². The van der Waals surface area contributed by atoms with Crippen LogP contribution in [0, 0.1) is 0 Å². The topological polar surface area (TPSA) is 64.7 Å². The van der Waals surface area contributed by atoms with Gasteiger partial charge >= 0.3 is 12.1 Å². The number of hydrogen-bond donors (Lipinski definition) is 2. The van der Waals surface area contributed by atoms with Crippen molar-refractivity contribution in [2.24, 2.45) is 0 Å². The fourth-order valence-corrected chi connectivity index (χ4v) is 3.40. The first-order chi connectivity index (χ1) is 13.3. The monoisotopic (exact) mass is 420 g/mol. The number of halogens is 2. The summed E-state index contributed by atoms with van der Waals surface area (Å²) in [6.45, 7) is 4.73. The SMILES string of the molecule is CC1CN(C(=O)Nc2ccc(Cl)cc2)C(C)CN1C(=O)Nc1ccc(Cl)cc1. The van der Waals surface area contributed by atoms with Crippen LogP contribution >= 0.6 is 23.2 Å². The predicted octanol–water partition coefficient (Wildman–Crippen LogP) is 5.15. The average molecular weight is 421 g/mol. The van der Waals surface area contributed by atoms with Gasteiger partial charge in [-0.05, 0) is 62.4 Å². The Morgan fingerprint density at radius 1 is 0.750 bits per heavy atom. The molecule has 0 bridgehead atoms. The smallest absolute Gasteiger partial charge is 0.318 e. The highest BCUT2D eigenvalue weighted by molar-refractivity contribution is 6.30. The minimum absolute atomic E-state index is 0.125. The lowest BCUT2D eigenvalue weighted by Crippen LogP contribution is -2.61. The van der Waals surface area contributed by atoms with Crippen molar-refractivity contribution in [1.82, 2.24) is 9.80 Å². The molecule has 2 unspecified atom stereocenters. The Kier molecular flexibility index (Phi) is 6.31. The Morgan fingerprint density at radius 3 is 1.39 bits per heavy atom. The Bertz CT molecular complexity index is 771. The van der Waals surface area contributed by atoms with Crippen LogP contribution in [-0.4, -0.2) is 47.0 Å². The van der Waals surface area contributed by atoms with Crippen molar-refractivity contribution in [3.63, 3.8) is 0 Å². The van der Waals surface area contributed by atoms with E-state index in [0.717, 1.165) is 0 Å². The number of carbonyl (C=O) groups excluding carboxylic acids is 2. The van der Waals surface area contributed by atoms with E-state index in [2.05, 4.69) is 10.6 Å². The number of urea groups is 2. The van der Waals surface area contributed by atoms with E-state index < -0.39 is 0 Å². The number of carbonyl (C=O) groups is 2. The molecule has 2 atom stereocenters. The molecule has 0 radical (unpaired) electrons. The summed E-state index contributed by atoms with van der Waals surface area (Å²) in [6, 6.07) is 13.3. The molecular formula is C20H22Cl2N4O2. The number of nitrogens with one attached hydrogen (secondary N) is 2. The van der Waals surface area contributed by atoms with E-state index in [1.54, 1.807) is 58.3 Å². The van der Waals surface area contributed by atoms with Crippen molar-refractivity contribution in [1.29, 1.82) is 0 Å². The number of piperazine rings is 1. The van der Waals surface area contributed by atoms with Crippen LogP contribution in [0.2, 0.25) is 10.0 Å². The standard InChI is InChI=1S/C20H22Cl2N4O2/c1-13-11-26(20(28)24-18-9-5-16(22)6-10-18)14(2)12-25(13)19(27)23-17-7-3-15(21)4-8-17/h3-10,13-14H,11-12H2,1-2H3,(H,23,27)(H,24,28). The summed E-state index contributed by atoms with van der Waals surface area (Å²) in [7, 11) is 0. The Hall–Kier alpha value is -2.44. The molecule has 0 aliphatic carbocycles. The highest BCUT2D eigenvalue weighted by Crippen LogP contribution is 2.20. The Morgan fingerprint density at radius 2 is 1.07 bits per heavy atom. The van der Waals surface area contributed by atoms with Crippen LogP contribution in [0.15, 0.2) is 48.5 Å². The fraction of sp³-hybridized carbons (Fsp3) is 0.300. The maximum Gasteiger partial charge on any atom is 0.322 e. The van der Waals surface area contributed by atoms with Gasteiger partial charge in [0.05, 0.1) is 0 Å². The summed E-state index contributed by atoms with van der Waals surface area (Å²) in [6.07, 6.45) is 0. The lowest BCUT2D eigenvalue weighted by atomic mass is 10.1. The van der Waals surface area contributed by atoms with Gasteiger partial charge in [-0.2, -0.15) is 0 Å². The molecule has 8 heteroatoms. The van der Waals surface area contributed by atoms with Gasteiger partial charge in [0.2, 0.25) is 0 Å². The molecule has 148 valence electrons. The van der Waals surface area contributed by atoms with Crippen LogP contribution in [0.1, 0.15) is 13.8 Å². The molecule has 2 N–H and O–H groups in total. The van der Waals surface area contributed by atoms with E-state index in [0.29, 0.717) is 34.5 Å². The predicted molar refractivity (Wildman–Crippen MR) is 113 cm³/mol. The summed E-state index contributed by atoms with van der Waals surface area (Å²) in [5.74, 6) is 0. The Balaban J connectivity index is 1.61. The molecular weight excluding hydrogens is 399 g/mol. The lowest BCUT2D eigenvalue weighted by molar-refractivity contribution is 0.0917. The van der Waals surface area contributed by atoms with Crippen LogP contribution in [0.25, 0.3) is 0 Å². The van der Waals surface area contributed by atoms with E-state index in [4.69, 9.17) is 23.2 Å². The minimum Gasteiger partial charge on any atom is -0.318 e. The van der Waals surface area contributed by atoms with Gasteiger partial charge in [-0.3, -0.25) is 0 Å². The van der Waals surface area contributed by atoms with Crippen molar-refractivity contribution < 1.29 is 9.59 Å². The molecule has 1 aliphatic rings. The van der Waals surface area contributed by atoms with Gasteiger partial charge in [0.15, 0.2) is 0 Å². The molecule has 0 spiro atoms. The average Bonchev–Trinajstić information content (AvgIpc) is 2.66. The van der Waals surface area contributed by atoms with E-state index in [-0.39, 0.29) is 24.1 Å². The normalized spacial score (nSPS) is 19.3. The van der Waals surface area contributed by atoms with E-state index in [9.17, 15) is 9.59 Å². The summed E-state index contributed by atoms with van der Waals surface area (Å²) in [5.41, 5.74) is 1.36. The quantitative estimate of drug-likeness (QED) is 0.704. The zero-order valence-electron chi connectivity index (χ0n) is 15.7. The largest absolute Gasteiger partial charge is 0.322 e. The van der Waals surface area contributed by atoms with Gasteiger partial charge in [0.1, 0.15) is 0 Å². The number of nitrogens with zero attached hydrogens (tertiary/aromatic N) is 2. The van der Waals surface area contributed by atoms with Crippen LogP contribution in [-0.2, 0) is 0 Å². The molecule has 1 aliphatic heterocycles. The molecule has 3 rings (SSSR count). The van der Waals surface area contributed by atoms with Crippen molar-refractivity contribution in [3.8, 4) is 0 Å². The van der Waals surface area contributed by atoms with Crippen molar-refractivity contribution >= 4 is 46.6 Å². The second kappa shape index (κ2) is 8.71. The fourth-order valence-electron chi connectivity index (χ4n) is 3.15. The first kappa shape index (κ1) is 20.3. The number of benzene rings is 2. The van der Waals surface area contributed by atoms with Crippen LogP contribution in [0.3, 0.4) is 0 Å². The van der Waals surface area contributed by atoms with Gasteiger partial charge in [0.25, 0.3) is 0 Å². The van der Waals surface area contributed by atoms with Crippen LogP contribution in [0.5, 0.6) is 0 Å². The molecule has 6 nitrogen and oxygen atoms in total. The number of rotatable bonds is 2. The Labute approximate surface area is 174 Å². The first-order valence-corrected chi connectivity index (χ1v) is 9.75. The minimum atomic E-state index is -0.195. The summed E-state index contributed by atoms with van der Waals surface area (Å²) >= 11 is 11.8. The number of hydrogen-bond acceptors (Lipinski definition) is 2. The molecule has 1 saturated heterocycles. The van der Waals surface area contributed by atoms with E-state index >= 15 is 0 Å². The zero-order chi connectivity index (χ0) is 20.3. The molecule has 1 heterocycles. The first-order valence-electron chi connectivity index (χ1n) is 9.00. The molecule has 2 aromatic rings. The third-order valence-electron chi connectivity index (χ3n) is 4.70. The molecule has 2 aromatic carbocycles. The third kappa shape index (κ3) is 4.88. The summed E-state index contributed by atoms with van der Waals surface area (Å²) < 4.78 is 0. The van der Waals surface area contributed by atoms with Crippen molar-refractivity contribution in [3.05, 3.63) is 58.6 Å². The molecule has 0 saturated carbocycles. The molecule has 4 amide bonds. The highest BCUT2D eigenvalue weighted by atomic mass is 35.5. The second-order valence-corrected chi connectivity index (χ2v) is 7.75. The third-order valence-corrected chi connectivity index (χ3v) is 5.20. The summed E-state index contributed by atoms with van der Waals surface area (Å²) in [5, 5.41) is 6.97. The van der Waals surface area contributed by atoms with Crippen LogP contribution in [0.4, 0.5) is 21.0 Å². The number of amides is 4.